The van der Waals surface area contributed by atoms with Gasteiger partial charge in [0.2, 0.25) is 12.1 Å². The molecular weight excluding hydrogens is 588 g/mol. The number of para-hydroxylation sites is 2. The number of ketones is 2. The summed E-state index contributed by atoms with van der Waals surface area (Å²) >= 11 is 0. The number of Topliss-reactive ketones (excluding diaryl/α,β-unsaturated/α-hetero) is 2. The molecule has 46 heavy (non-hydrogen) atoms. The van der Waals surface area contributed by atoms with Crippen LogP contribution in [0.1, 0.15) is 19.4 Å². The molecule has 2 atom stereocenters. The Hall–Kier alpha value is -5.88. The highest BCUT2D eigenvalue weighted by Gasteiger charge is 2.24. The minimum absolute atomic E-state index is 0.284. The molecule has 0 bridgehead atoms. The second-order valence-corrected chi connectivity index (χ2v) is 10.1. The van der Waals surface area contributed by atoms with Crippen molar-refractivity contribution in [2.75, 3.05) is 17.7 Å². The Morgan fingerprint density at radius 1 is 0.674 bits per heavy atom. The molecule has 0 spiro atoms. The van der Waals surface area contributed by atoms with Gasteiger partial charge in [-0.3, -0.25) is 19.2 Å². The highest BCUT2D eigenvalue weighted by atomic mass is 16.5. The van der Waals surface area contributed by atoms with Crippen LogP contribution in [0.25, 0.3) is 11.1 Å². The van der Waals surface area contributed by atoms with E-state index >= 15 is 0 Å². The number of carbonyl (C=O) groups is 4. The summed E-state index contributed by atoms with van der Waals surface area (Å²) < 4.78 is 5.50. The van der Waals surface area contributed by atoms with Crippen molar-refractivity contribution in [3.8, 4) is 16.9 Å². The molecule has 3 N–H and O–H groups in total. The predicted molar refractivity (Wildman–Crippen MR) is 172 cm³/mol. The SMILES string of the molecule is COc1cc(-c2ccc(N=NC(C(C)=O)C(=O)Nc3ccccc3)c(CO)c2)ccc1N=NC(C(C)=O)C(=O)Nc1ccccc1. The second kappa shape index (κ2) is 15.7. The van der Waals surface area contributed by atoms with E-state index in [-0.39, 0.29) is 12.3 Å². The van der Waals surface area contributed by atoms with Gasteiger partial charge in [0.15, 0.2) is 11.6 Å². The van der Waals surface area contributed by atoms with E-state index in [1.807, 2.05) is 0 Å². The largest absolute Gasteiger partial charge is 0.494 e. The van der Waals surface area contributed by atoms with Crippen molar-refractivity contribution in [1.29, 1.82) is 0 Å². The highest BCUT2D eigenvalue weighted by Crippen LogP contribution is 2.35. The van der Waals surface area contributed by atoms with Crippen molar-refractivity contribution in [3.05, 3.63) is 103 Å². The Balaban J connectivity index is 1.53. The standard InChI is InChI=1S/C34H32N6O6/c1-21(42)31(33(44)35-26-10-6-4-7-11-26)39-37-28-16-14-23(18-25(28)20-41)24-15-17-29(30(19-24)46-3)38-40-32(22(2)43)34(45)36-27-12-8-5-9-13-27/h4-19,31-32,41H,20H2,1-3H3,(H,35,44)(H,36,45). The summed E-state index contributed by atoms with van der Waals surface area (Å²) in [5, 5.41) is 31.6. The van der Waals surface area contributed by atoms with E-state index in [0.717, 1.165) is 0 Å². The smallest absolute Gasteiger partial charge is 0.258 e. The molecule has 0 saturated carbocycles. The quantitative estimate of drug-likeness (QED) is 0.118. The third-order valence-electron chi connectivity index (χ3n) is 6.67. The summed E-state index contributed by atoms with van der Waals surface area (Å²) in [7, 11) is 1.45. The van der Waals surface area contributed by atoms with Crippen LogP contribution in [0, 0.1) is 0 Å². The van der Waals surface area contributed by atoms with E-state index in [1.165, 1.54) is 21.0 Å². The van der Waals surface area contributed by atoms with Gasteiger partial charge >= 0.3 is 0 Å². The number of amides is 2. The first-order valence-corrected chi connectivity index (χ1v) is 14.2. The molecule has 2 amide bonds. The summed E-state index contributed by atoms with van der Waals surface area (Å²) in [6.45, 7) is 2.13. The zero-order chi connectivity index (χ0) is 33.1. The highest BCUT2D eigenvalue weighted by molar-refractivity contribution is 6.10. The van der Waals surface area contributed by atoms with Gasteiger partial charge in [0.1, 0.15) is 11.4 Å². The molecule has 0 heterocycles. The zero-order valence-electron chi connectivity index (χ0n) is 25.4. The minimum atomic E-state index is -1.37. The van der Waals surface area contributed by atoms with E-state index in [9.17, 15) is 24.3 Å². The van der Waals surface area contributed by atoms with Crippen LogP contribution in [-0.2, 0) is 25.8 Å². The number of aliphatic hydroxyl groups excluding tert-OH is 1. The molecule has 0 aliphatic carbocycles. The fraction of sp³-hybridized carbons (Fsp3) is 0.176. The minimum Gasteiger partial charge on any atom is -0.494 e. The number of carbonyl (C=O) groups excluding carboxylic acids is 4. The fourth-order valence-corrected chi connectivity index (χ4v) is 4.27. The van der Waals surface area contributed by atoms with Crippen LogP contribution in [0.2, 0.25) is 0 Å². The van der Waals surface area contributed by atoms with Crippen LogP contribution in [0.4, 0.5) is 22.7 Å². The molecule has 4 rings (SSSR count). The summed E-state index contributed by atoms with van der Waals surface area (Å²) in [6.07, 6.45) is 0. The number of hydrogen-bond donors (Lipinski definition) is 3. The molecule has 2 unspecified atom stereocenters. The van der Waals surface area contributed by atoms with Crippen molar-refractivity contribution in [3.63, 3.8) is 0 Å². The number of anilines is 2. The first kappa shape index (κ1) is 33.0. The third kappa shape index (κ3) is 8.61. The molecule has 0 radical (unpaired) electrons. The average Bonchev–Trinajstić information content (AvgIpc) is 3.05. The summed E-state index contributed by atoms with van der Waals surface area (Å²) in [5.41, 5.74) is 3.42. The van der Waals surface area contributed by atoms with Gasteiger partial charge in [-0.05, 0) is 73.5 Å². The Morgan fingerprint density at radius 2 is 1.13 bits per heavy atom. The van der Waals surface area contributed by atoms with Gasteiger partial charge in [-0.1, -0.05) is 48.5 Å². The average molecular weight is 621 g/mol. The lowest BCUT2D eigenvalue weighted by Crippen LogP contribution is -2.31. The summed E-state index contributed by atoms with van der Waals surface area (Å²) in [6, 6.07) is 24.7. The molecule has 12 nitrogen and oxygen atoms in total. The maximum Gasteiger partial charge on any atom is 0.258 e. The van der Waals surface area contributed by atoms with Crippen molar-refractivity contribution >= 4 is 46.1 Å². The molecule has 0 aromatic heterocycles. The van der Waals surface area contributed by atoms with E-state index < -0.39 is 35.5 Å². The number of aliphatic hydroxyl groups is 1. The Labute approximate surface area is 265 Å². The lowest BCUT2D eigenvalue weighted by Gasteiger charge is -2.12. The van der Waals surface area contributed by atoms with E-state index in [2.05, 4.69) is 31.1 Å². The number of nitrogens with zero attached hydrogens (tertiary/aromatic N) is 4. The van der Waals surface area contributed by atoms with Crippen LogP contribution in [-0.4, -0.2) is 47.7 Å². The number of methoxy groups -OCH3 is 1. The summed E-state index contributed by atoms with van der Waals surface area (Å²) in [4.78, 5) is 49.7. The van der Waals surface area contributed by atoms with Crippen molar-refractivity contribution in [2.24, 2.45) is 20.5 Å². The molecule has 4 aromatic carbocycles. The van der Waals surface area contributed by atoms with Gasteiger partial charge in [0.25, 0.3) is 11.8 Å². The van der Waals surface area contributed by atoms with Crippen molar-refractivity contribution < 1.29 is 29.0 Å². The van der Waals surface area contributed by atoms with E-state index in [4.69, 9.17) is 4.74 Å². The predicted octanol–water partition coefficient (Wildman–Crippen LogP) is 6.21. The topological polar surface area (TPSA) is 171 Å². The lowest BCUT2D eigenvalue weighted by atomic mass is 10.0. The second-order valence-electron chi connectivity index (χ2n) is 10.1. The molecule has 0 fully saturated rings. The number of nitrogens with one attached hydrogen (secondary N) is 2. The molecule has 0 aliphatic heterocycles. The lowest BCUT2D eigenvalue weighted by molar-refractivity contribution is -0.127. The molecular formula is C34H32N6O6. The maximum absolute atomic E-state index is 12.7. The van der Waals surface area contributed by atoms with Gasteiger partial charge < -0.3 is 20.5 Å². The Morgan fingerprint density at radius 3 is 1.59 bits per heavy atom. The van der Waals surface area contributed by atoms with Crippen molar-refractivity contribution in [2.45, 2.75) is 32.5 Å². The first-order valence-electron chi connectivity index (χ1n) is 14.2. The molecule has 0 saturated heterocycles. The number of rotatable bonds is 13. The van der Waals surface area contributed by atoms with Crippen LogP contribution >= 0.6 is 0 Å². The molecule has 12 heteroatoms. The van der Waals surface area contributed by atoms with E-state index in [0.29, 0.717) is 39.5 Å². The van der Waals surface area contributed by atoms with Crippen LogP contribution in [0.15, 0.2) is 118 Å². The van der Waals surface area contributed by atoms with Crippen LogP contribution in [0.3, 0.4) is 0 Å². The maximum atomic E-state index is 12.7. The monoisotopic (exact) mass is 620 g/mol. The first-order chi connectivity index (χ1) is 22.2. The fourth-order valence-electron chi connectivity index (χ4n) is 4.27. The van der Waals surface area contributed by atoms with Gasteiger partial charge in [0, 0.05) is 16.9 Å². The Bertz CT molecular complexity index is 1640. The number of benzene rings is 4. The Kier molecular flexibility index (Phi) is 11.3. The van der Waals surface area contributed by atoms with Crippen LogP contribution < -0.4 is 15.4 Å². The van der Waals surface area contributed by atoms with Crippen molar-refractivity contribution in [1.82, 2.24) is 0 Å². The van der Waals surface area contributed by atoms with Gasteiger partial charge in [-0.25, -0.2) is 0 Å². The molecule has 4 aromatic rings. The van der Waals surface area contributed by atoms with Gasteiger partial charge in [-0.15, -0.1) is 0 Å². The number of ether oxygens (including phenoxy) is 1. The third-order valence-corrected chi connectivity index (χ3v) is 6.67. The molecule has 0 aliphatic rings. The van der Waals surface area contributed by atoms with Gasteiger partial charge in [0.05, 0.1) is 19.4 Å². The number of azo groups is 2. The normalized spacial score (nSPS) is 12.4. The van der Waals surface area contributed by atoms with Crippen LogP contribution in [0.5, 0.6) is 5.75 Å². The van der Waals surface area contributed by atoms with Gasteiger partial charge in [-0.2, -0.15) is 20.5 Å². The van der Waals surface area contributed by atoms with E-state index in [1.54, 1.807) is 97.1 Å². The summed E-state index contributed by atoms with van der Waals surface area (Å²) in [5.74, 6) is -1.88. The molecule has 234 valence electrons. The number of hydrogen-bond acceptors (Lipinski definition) is 10. The zero-order valence-corrected chi connectivity index (χ0v) is 25.4.